The van der Waals surface area contributed by atoms with E-state index in [0.717, 1.165) is 18.3 Å². The fourth-order valence-corrected chi connectivity index (χ4v) is 3.26. The molecule has 0 saturated heterocycles. The van der Waals surface area contributed by atoms with Crippen LogP contribution in [0.15, 0.2) is 26.5 Å². The molecule has 0 unspecified atom stereocenters. The van der Waals surface area contributed by atoms with E-state index in [4.69, 9.17) is 0 Å². The Kier molecular flexibility index (Phi) is 2.14. The lowest BCUT2D eigenvalue weighted by atomic mass is 10.2. The quantitative estimate of drug-likeness (QED) is 0.776. The average Bonchev–Trinajstić information content (AvgIpc) is 2.31. The van der Waals surface area contributed by atoms with Gasteiger partial charge >= 0.3 is 0 Å². The minimum Gasteiger partial charge on any atom is -0.508 e. The molecule has 1 aromatic carbocycles. The van der Waals surface area contributed by atoms with Gasteiger partial charge in [0.1, 0.15) is 5.75 Å². The first-order valence-corrected chi connectivity index (χ1v) is 5.65. The molecule has 0 fully saturated rings. The molecule has 2 aromatic rings. The molecule has 1 aromatic heterocycles. The molecule has 0 aliphatic rings. The maximum absolute atomic E-state index is 9.23. The predicted octanol–water partition coefficient (Wildman–Crippen LogP) is 4.13. The summed E-state index contributed by atoms with van der Waals surface area (Å²) in [5.41, 5.74) is 0. The zero-order chi connectivity index (χ0) is 8.72. The van der Waals surface area contributed by atoms with Crippen LogP contribution >= 0.6 is 43.2 Å². The van der Waals surface area contributed by atoms with Crippen LogP contribution < -0.4 is 0 Å². The Bertz CT molecular complexity index is 436. The number of benzene rings is 1. The van der Waals surface area contributed by atoms with Crippen LogP contribution in [0.2, 0.25) is 0 Å². The smallest absolute Gasteiger partial charge is 0.116 e. The molecule has 1 N–H and O–H groups in total. The minimum atomic E-state index is 0.300. The van der Waals surface area contributed by atoms with Gasteiger partial charge < -0.3 is 5.11 Å². The third-order valence-electron chi connectivity index (χ3n) is 1.57. The summed E-state index contributed by atoms with van der Waals surface area (Å²) in [6.45, 7) is 0. The first kappa shape index (κ1) is 8.53. The van der Waals surface area contributed by atoms with E-state index in [1.54, 1.807) is 23.5 Å². The van der Waals surface area contributed by atoms with Gasteiger partial charge in [0.25, 0.3) is 0 Å². The van der Waals surface area contributed by atoms with Crippen molar-refractivity contribution in [2.75, 3.05) is 0 Å². The van der Waals surface area contributed by atoms with E-state index in [-0.39, 0.29) is 0 Å². The number of halogens is 2. The molecule has 0 aliphatic heterocycles. The van der Waals surface area contributed by atoms with Gasteiger partial charge in [0.05, 0.1) is 8.26 Å². The summed E-state index contributed by atoms with van der Waals surface area (Å²) >= 11 is 8.51. The van der Waals surface area contributed by atoms with Gasteiger partial charge in [-0.3, -0.25) is 0 Å². The average molecular weight is 308 g/mol. The highest BCUT2D eigenvalue weighted by atomic mass is 79.9. The fourth-order valence-electron chi connectivity index (χ4n) is 1.03. The number of phenols is 1. The Labute approximate surface area is 90.3 Å². The van der Waals surface area contributed by atoms with E-state index in [9.17, 15) is 5.11 Å². The normalized spacial score (nSPS) is 10.8. The Morgan fingerprint density at radius 2 is 2.00 bits per heavy atom. The van der Waals surface area contributed by atoms with Gasteiger partial charge in [0, 0.05) is 10.1 Å². The monoisotopic (exact) mass is 306 g/mol. The van der Waals surface area contributed by atoms with Crippen LogP contribution in [0.3, 0.4) is 0 Å². The second-order valence-electron chi connectivity index (χ2n) is 2.37. The summed E-state index contributed by atoms with van der Waals surface area (Å²) in [6.07, 6.45) is 0. The van der Waals surface area contributed by atoms with Crippen molar-refractivity contribution in [3.63, 3.8) is 0 Å². The van der Waals surface area contributed by atoms with Crippen molar-refractivity contribution >= 4 is 53.3 Å². The van der Waals surface area contributed by atoms with Crippen LogP contribution in [0.5, 0.6) is 5.75 Å². The largest absolute Gasteiger partial charge is 0.508 e. The topological polar surface area (TPSA) is 20.2 Å². The number of rotatable bonds is 0. The van der Waals surface area contributed by atoms with Gasteiger partial charge in [-0.05, 0) is 50.1 Å². The molecule has 0 saturated carbocycles. The summed E-state index contributed by atoms with van der Waals surface area (Å²) in [7, 11) is 0. The number of fused-ring (bicyclic) bond motifs is 1. The molecule has 1 heterocycles. The molecule has 12 heavy (non-hydrogen) atoms. The first-order chi connectivity index (χ1) is 5.68. The Morgan fingerprint density at radius 1 is 1.25 bits per heavy atom. The van der Waals surface area contributed by atoms with Gasteiger partial charge in [-0.1, -0.05) is 0 Å². The zero-order valence-electron chi connectivity index (χ0n) is 5.84. The second kappa shape index (κ2) is 3.01. The lowest BCUT2D eigenvalue weighted by Gasteiger charge is -1.91. The summed E-state index contributed by atoms with van der Waals surface area (Å²) in [6, 6.07) is 5.35. The third-order valence-corrected chi connectivity index (χ3v) is 5.03. The van der Waals surface area contributed by atoms with Gasteiger partial charge in [-0.25, -0.2) is 0 Å². The van der Waals surface area contributed by atoms with Crippen LogP contribution in [0.25, 0.3) is 10.1 Å². The van der Waals surface area contributed by atoms with E-state index in [1.807, 2.05) is 6.07 Å². The Balaban J connectivity index is 2.88. The fraction of sp³-hybridized carbons (Fsp3) is 0. The summed E-state index contributed by atoms with van der Waals surface area (Å²) < 4.78 is 3.23. The highest BCUT2D eigenvalue weighted by molar-refractivity contribution is 9.13. The predicted molar refractivity (Wildman–Crippen MR) is 58.9 cm³/mol. The van der Waals surface area contributed by atoms with Crippen molar-refractivity contribution in [3.8, 4) is 5.75 Å². The Morgan fingerprint density at radius 3 is 2.75 bits per heavy atom. The van der Waals surface area contributed by atoms with Crippen LogP contribution in [-0.4, -0.2) is 5.11 Å². The number of aromatic hydroxyl groups is 1. The van der Waals surface area contributed by atoms with Crippen LogP contribution in [0.1, 0.15) is 0 Å². The molecule has 0 spiro atoms. The maximum atomic E-state index is 9.23. The SMILES string of the molecule is Oc1ccc2sc(Br)c(Br)c2c1. The van der Waals surface area contributed by atoms with E-state index in [2.05, 4.69) is 31.9 Å². The third kappa shape index (κ3) is 1.28. The lowest BCUT2D eigenvalue weighted by Crippen LogP contribution is -1.64. The van der Waals surface area contributed by atoms with Gasteiger partial charge in [0.2, 0.25) is 0 Å². The maximum Gasteiger partial charge on any atom is 0.116 e. The molecule has 4 heteroatoms. The molecular weight excluding hydrogens is 304 g/mol. The highest BCUT2D eigenvalue weighted by Gasteiger charge is 2.07. The van der Waals surface area contributed by atoms with Crippen molar-refractivity contribution < 1.29 is 5.11 Å². The molecule has 0 radical (unpaired) electrons. The van der Waals surface area contributed by atoms with Gasteiger partial charge in [-0.2, -0.15) is 0 Å². The van der Waals surface area contributed by atoms with E-state index >= 15 is 0 Å². The molecule has 0 atom stereocenters. The molecule has 0 bridgehead atoms. The number of hydrogen-bond acceptors (Lipinski definition) is 2. The summed E-state index contributed by atoms with van der Waals surface area (Å²) in [4.78, 5) is 0. The summed E-state index contributed by atoms with van der Waals surface area (Å²) in [5.74, 6) is 0.300. The molecular formula is C8H4Br2OS. The van der Waals surface area contributed by atoms with Crippen molar-refractivity contribution in [2.45, 2.75) is 0 Å². The zero-order valence-corrected chi connectivity index (χ0v) is 9.83. The Hall–Kier alpha value is -0.0600. The number of phenolic OH excluding ortho intramolecular Hbond substituents is 1. The molecule has 0 amide bonds. The van der Waals surface area contributed by atoms with Crippen molar-refractivity contribution in [1.29, 1.82) is 0 Å². The van der Waals surface area contributed by atoms with Crippen molar-refractivity contribution in [3.05, 3.63) is 26.5 Å². The van der Waals surface area contributed by atoms with Crippen molar-refractivity contribution in [1.82, 2.24) is 0 Å². The number of hydrogen-bond donors (Lipinski definition) is 1. The van der Waals surface area contributed by atoms with Crippen LogP contribution in [0.4, 0.5) is 0 Å². The van der Waals surface area contributed by atoms with Crippen LogP contribution in [-0.2, 0) is 0 Å². The standard InChI is InChI=1S/C8H4Br2OS/c9-7-5-3-4(11)1-2-6(5)12-8(7)10/h1-3,11H. The molecule has 2 rings (SSSR count). The molecule has 62 valence electrons. The van der Waals surface area contributed by atoms with E-state index in [0.29, 0.717) is 5.75 Å². The first-order valence-electron chi connectivity index (χ1n) is 3.25. The highest BCUT2D eigenvalue weighted by Crippen LogP contribution is 2.40. The van der Waals surface area contributed by atoms with E-state index in [1.165, 1.54) is 0 Å². The van der Waals surface area contributed by atoms with Gasteiger partial charge in [-0.15, -0.1) is 11.3 Å². The minimum absolute atomic E-state index is 0.300. The summed E-state index contributed by atoms with van der Waals surface area (Å²) in [5, 5.41) is 10.3. The van der Waals surface area contributed by atoms with E-state index < -0.39 is 0 Å². The van der Waals surface area contributed by atoms with Crippen LogP contribution in [0, 0.1) is 0 Å². The molecule has 0 aliphatic carbocycles. The lowest BCUT2D eigenvalue weighted by molar-refractivity contribution is 0.476. The number of thiophene rings is 1. The molecule has 1 nitrogen and oxygen atoms in total. The second-order valence-corrected chi connectivity index (χ2v) is 5.53. The van der Waals surface area contributed by atoms with Crippen molar-refractivity contribution in [2.24, 2.45) is 0 Å². The van der Waals surface area contributed by atoms with Gasteiger partial charge in [0.15, 0.2) is 0 Å².